The summed E-state index contributed by atoms with van der Waals surface area (Å²) in [6, 6.07) is 7.91. The molecule has 18 heavy (non-hydrogen) atoms. The quantitative estimate of drug-likeness (QED) is 0.874. The number of para-hydroxylation sites is 1. The van der Waals surface area contributed by atoms with Crippen LogP contribution in [0.15, 0.2) is 24.3 Å². The molecule has 0 bridgehead atoms. The van der Waals surface area contributed by atoms with Gasteiger partial charge in [-0.2, -0.15) is 0 Å². The van der Waals surface area contributed by atoms with Crippen molar-refractivity contribution in [2.45, 2.75) is 20.5 Å². The van der Waals surface area contributed by atoms with Gasteiger partial charge in [0, 0.05) is 0 Å². The molecule has 0 aliphatic heterocycles. The molecule has 5 heteroatoms. The molecule has 1 heterocycles. The smallest absolute Gasteiger partial charge is 0.140 e. The molecular weight excluding hydrogens is 264 g/mol. The van der Waals surface area contributed by atoms with Crippen molar-refractivity contribution in [2.75, 3.05) is 0 Å². The van der Waals surface area contributed by atoms with Gasteiger partial charge in [-0.15, -0.1) is 11.3 Å². The third kappa shape index (κ3) is 2.86. The van der Waals surface area contributed by atoms with Crippen LogP contribution in [0.25, 0.3) is 0 Å². The minimum absolute atomic E-state index is 0.396. The Labute approximate surface area is 116 Å². The molecule has 2 rings (SSSR count). The van der Waals surface area contributed by atoms with Gasteiger partial charge >= 0.3 is 0 Å². The molecule has 1 aromatic carbocycles. The number of benzene rings is 1. The Balaban J connectivity index is 2.09. The minimum Gasteiger partial charge on any atom is -0.486 e. The number of aryl methyl sites for hydroxylation is 2. The van der Waals surface area contributed by atoms with E-state index in [0.29, 0.717) is 11.6 Å². The van der Waals surface area contributed by atoms with Crippen molar-refractivity contribution in [3.05, 3.63) is 45.4 Å². The van der Waals surface area contributed by atoms with E-state index in [9.17, 15) is 0 Å². The molecule has 0 radical (unpaired) electrons. The second-order valence-corrected chi connectivity index (χ2v) is 5.46. The maximum absolute atomic E-state index is 5.73. The predicted molar refractivity (Wildman–Crippen MR) is 78.2 cm³/mol. The molecule has 2 aromatic rings. The second kappa shape index (κ2) is 5.46. The van der Waals surface area contributed by atoms with Gasteiger partial charge < -0.3 is 10.5 Å². The van der Waals surface area contributed by atoms with Crippen molar-refractivity contribution >= 4 is 28.5 Å². The first kappa shape index (κ1) is 13.0. The van der Waals surface area contributed by atoms with Gasteiger partial charge in [0.15, 0.2) is 0 Å². The van der Waals surface area contributed by atoms with E-state index in [2.05, 4.69) is 4.98 Å². The Morgan fingerprint density at radius 1 is 1.39 bits per heavy atom. The second-order valence-electron chi connectivity index (χ2n) is 3.94. The van der Waals surface area contributed by atoms with Crippen LogP contribution in [0.3, 0.4) is 0 Å². The van der Waals surface area contributed by atoms with Crippen LogP contribution < -0.4 is 10.5 Å². The van der Waals surface area contributed by atoms with Crippen LogP contribution in [0.5, 0.6) is 5.75 Å². The summed E-state index contributed by atoms with van der Waals surface area (Å²) < 4.78 is 5.73. The fraction of sp³-hybridized carbons (Fsp3) is 0.231. The third-order valence-electron chi connectivity index (χ3n) is 2.51. The molecule has 0 aliphatic carbocycles. The molecule has 94 valence electrons. The largest absolute Gasteiger partial charge is 0.486 e. The number of rotatable bonds is 4. The maximum Gasteiger partial charge on any atom is 0.140 e. The van der Waals surface area contributed by atoms with Gasteiger partial charge in [0.1, 0.15) is 22.4 Å². The Morgan fingerprint density at radius 2 is 2.11 bits per heavy atom. The van der Waals surface area contributed by atoms with Crippen LogP contribution in [0.1, 0.15) is 21.1 Å². The average molecular weight is 278 g/mol. The Kier molecular flexibility index (Phi) is 3.93. The van der Waals surface area contributed by atoms with Crippen molar-refractivity contribution in [1.29, 1.82) is 0 Å². The molecular formula is C13H14N2OS2. The van der Waals surface area contributed by atoms with Gasteiger partial charge in [-0.05, 0) is 25.5 Å². The van der Waals surface area contributed by atoms with E-state index in [1.165, 1.54) is 11.3 Å². The first-order valence-electron chi connectivity index (χ1n) is 5.52. The molecule has 2 N–H and O–H groups in total. The first-order valence-corrected chi connectivity index (χ1v) is 6.75. The number of nitrogens with two attached hydrogens (primary N) is 1. The van der Waals surface area contributed by atoms with Crippen molar-refractivity contribution in [2.24, 2.45) is 5.73 Å². The van der Waals surface area contributed by atoms with Crippen LogP contribution in [0.2, 0.25) is 0 Å². The highest BCUT2D eigenvalue weighted by Gasteiger charge is 2.10. The summed E-state index contributed by atoms with van der Waals surface area (Å²) in [5.74, 6) is 0.877. The molecule has 0 aliphatic rings. The number of hydrogen-bond acceptors (Lipinski definition) is 4. The van der Waals surface area contributed by atoms with Crippen LogP contribution in [-0.4, -0.2) is 9.97 Å². The van der Waals surface area contributed by atoms with Crippen molar-refractivity contribution in [3.8, 4) is 5.75 Å². The van der Waals surface area contributed by atoms with Crippen LogP contribution >= 0.6 is 23.6 Å². The highest BCUT2D eigenvalue weighted by atomic mass is 32.1. The van der Waals surface area contributed by atoms with Gasteiger partial charge in [-0.25, -0.2) is 4.98 Å². The van der Waals surface area contributed by atoms with Crippen molar-refractivity contribution < 1.29 is 4.74 Å². The van der Waals surface area contributed by atoms with Gasteiger partial charge in [-0.3, -0.25) is 0 Å². The van der Waals surface area contributed by atoms with Gasteiger partial charge in [0.2, 0.25) is 0 Å². The van der Waals surface area contributed by atoms with Gasteiger partial charge in [0.25, 0.3) is 0 Å². The predicted octanol–water partition coefficient (Wildman–Crippen LogP) is 2.97. The number of hydrogen-bond donors (Lipinski definition) is 1. The lowest BCUT2D eigenvalue weighted by atomic mass is 10.2. The highest BCUT2D eigenvalue weighted by Crippen LogP contribution is 2.21. The number of thiocarbonyl (C=S) groups is 1. The summed E-state index contributed by atoms with van der Waals surface area (Å²) >= 11 is 6.46. The molecule has 0 fully saturated rings. The van der Waals surface area contributed by atoms with E-state index in [0.717, 1.165) is 26.9 Å². The van der Waals surface area contributed by atoms with E-state index in [4.69, 9.17) is 22.7 Å². The fourth-order valence-electron chi connectivity index (χ4n) is 1.60. The number of nitrogens with zero attached hydrogens (tertiary/aromatic N) is 1. The van der Waals surface area contributed by atoms with Crippen LogP contribution in [0.4, 0.5) is 0 Å². The molecule has 3 nitrogen and oxygen atoms in total. The molecule has 0 atom stereocenters. The Bertz CT molecular complexity index is 578. The van der Waals surface area contributed by atoms with Gasteiger partial charge in [-0.1, -0.05) is 30.4 Å². The zero-order valence-electron chi connectivity index (χ0n) is 10.3. The standard InChI is InChI=1S/C13H14N2OS2/c1-8-5-3-4-6-10(8)16-7-11-15-9(2)12(18-11)13(14)17/h3-6H,7H2,1-2H3,(H2,14,17). The normalized spacial score (nSPS) is 10.3. The van der Waals surface area contributed by atoms with Crippen molar-refractivity contribution in [3.63, 3.8) is 0 Å². The van der Waals surface area contributed by atoms with Crippen LogP contribution in [0, 0.1) is 13.8 Å². The molecule has 0 saturated carbocycles. The van der Waals surface area contributed by atoms with Crippen LogP contribution in [-0.2, 0) is 6.61 Å². The number of aromatic nitrogens is 1. The molecule has 0 amide bonds. The zero-order chi connectivity index (χ0) is 13.1. The van der Waals surface area contributed by atoms with E-state index in [1.54, 1.807) is 0 Å². The zero-order valence-corrected chi connectivity index (χ0v) is 11.9. The summed E-state index contributed by atoms with van der Waals surface area (Å²) in [6.45, 7) is 4.37. The average Bonchev–Trinajstić information content (AvgIpc) is 2.70. The van der Waals surface area contributed by atoms with E-state index in [1.807, 2.05) is 38.1 Å². The lowest BCUT2D eigenvalue weighted by Gasteiger charge is -2.06. The highest BCUT2D eigenvalue weighted by molar-refractivity contribution is 7.81. The molecule has 0 spiro atoms. The minimum atomic E-state index is 0.396. The lowest BCUT2D eigenvalue weighted by molar-refractivity contribution is 0.303. The molecule has 0 saturated heterocycles. The van der Waals surface area contributed by atoms with Gasteiger partial charge in [0.05, 0.1) is 10.6 Å². The number of ether oxygens (including phenoxy) is 1. The third-order valence-corrected chi connectivity index (χ3v) is 4.01. The van der Waals surface area contributed by atoms with Crippen molar-refractivity contribution in [1.82, 2.24) is 4.98 Å². The summed E-state index contributed by atoms with van der Waals surface area (Å²) in [5, 5.41) is 0.888. The summed E-state index contributed by atoms with van der Waals surface area (Å²) in [6.07, 6.45) is 0. The van der Waals surface area contributed by atoms with E-state index in [-0.39, 0.29) is 0 Å². The lowest BCUT2D eigenvalue weighted by Crippen LogP contribution is -2.08. The monoisotopic (exact) mass is 278 g/mol. The fourth-order valence-corrected chi connectivity index (χ4v) is 2.70. The van der Waals surface area contributed by atoms with E-state index < -0.39 is 0 Å². The summed E-state index contributed by atoms with van der Waals surface area (Å²) in [5.41, 5.74) is 7.60. The number of thiazole rings is 1. The summed E-state index contributed by atoms with van der Waals surface area (Å²) in [4.78, 5) is 5.67. The molecule has 0 unspecified atom stereocenters. The Morgan fingerprint density at radius 3 is 2.72 bits per heavy atom. The SMILES string of the molecule is Cc1ccccc1OCc1nc(C)c(C(N)=S)s1. The maximum atomic E-state index is 5.73. The topological polar surface area (TPSA) is 48.1 Å². The van der Waals surface area contributed by atoms with E-state index >= 15 is 0 Å². The molecule has 1 aromatic heterocycles. The summed E-state index contributed by atoms with van der Waals surface area (Å²) in [7, 11) is 0. The first-order chi connectivity index (χ1) is 8.58. The Hall–Kier alpha value is -1.46.